The highest BCUT2D eigenvalue weighted by atomic mass is 32.2. The number of ketones is 1. The quantitative estimate of drug-likeness (QED) is 0.695. The van der Waals surface area contributed by atoms with Crippen molar-refractivity contribution in [1.82, 2.24) is 13.4 Å². The van der Waals surface area contributed by atoms with Gasteiger partial charge in [-0.2, -0.15) is 4.31 Å². The number of hydrogen-bond donors (Lipinski definition) is 0. The second kappa shape index (κ2) is 7.32. The van der Waals surface area contributed by atoms with E-state index in [1.165, 1.54) is 21.9 Å². The van der Waals surface area contributed by atoms with Gasteiger partial charge in [0.05, 0.1) is 19.7 Å². The second-order valence-corrected chi connectivity index (χ2v) is 8.43. The van der Waals surface area contributed by atoms with Crippen molar-refractivity contribution in [2.45, 2.75) is 45.3 Å². The molecular formula is C18H23N3O5S. The Hall–Kier alpha value is -2.39. The molecule has 146 valence electrons. The summed E-state index contributed by atoms with van der Waals surface area (Å²) in [7, 11) is -3.82. The molecule has 0 amide bonds. The molecule has 1 aliphatic rings. The smallest absolute Gasteiger partial charge is 0.354 e. The Bertz CT molecular complexity index is 987. The van der Waals surface area contributed by atoms with Crippen molar-refractivity contribution in [2.24, 2.45) is 0 Å². The standard InChI is InChI=1S/C18H23N3O5S/c1-4-26-18(23)16-10-17(14(3)21(16)11-13(2)22)27(24,25)20-9-8-19-7-5-6-15(19)12-20/h5-7,10H,4,8-9,11-12H2,1-3H3. The molecule has 3 heterocycles. The highest BCUT2D eigenvalue weighted by Crippen LogP contribution is 2.27. The number of sulfonamides is 1. The van der Waals surface area contributed by atoms with Crippen molar-refractivity contribution in [1.29, 1.82) is 0 Å². The fourth-order valence-corrected chi connectivity index (χ4v) is 4.96. The third-order valence-corrected chi connectivity index (χ3v) is 6.62. The summed E-state index contributed by atoms with van der Waals surface area (Å²) < 4.78 is 36.3. The maximum atomic E-state index is 13.2. The summed E-state index contributed by atoms with van der Waals surface area (Å²) >= 11 is 0. The lowest BCUT2D eigenvalue weighted by Gasteiger charge is -2.27. The molecule has 8 nitrogen and oxygen atoms in total. The lowest BCUT2D eigenvalue weighted by Crippen LogP contribution is -2.38. The van der Waals surface area contributed by atoms with Crippen LogP contribution in [0.2, 0.25) is 0 Å². The van der Waals surface area contributed by atoms with E-state index in [-0.39, 0.29) is 36.1 Å². The van der Waals surface area contributed by atoms with Crippen LogP contribution in [0.3, 0.4) is 0 Å². The van der Waals surface area contributed by atoms with E-state index in [1.807, 2.05) is 22.9 Å². The van der Waals surface area contributed by atoms with Crippen LogP contribution < -0.4 is 0 Å². The number of Topliss-reactive ketones (excluding diaryl/α,β-unsaturated/α-hetero) is 1. The molecule has 0 aromatic carbocycles. The molecule has 0 spiro atoms. The Balaban J connectivity index is 2.02. The molecule has 27 heavy (non-hydrogen) atoms. The third kappa shape index (κ3) is 3.57. The van der Waals surface area contributed by atoms with Crippen molar-refractivity contribution in [3.05, 3.63) is 41.5 Å². The fourth-order valence-electron chi connectivity index (χ4n) is 3.32. The summed E-state index contributed by atoms with van der Waals surface area (Å²) in [6.45, 7) is 5.92. The summed E-state index contributed by atoms with van der Waals surface area (Å²) in [6.07, 6.45) is 1.92. The normalized spacial score (nSPS) is 14.8. The average Bonchev–Trinajstić information content (AvgIpc) is 3.19. The van der Waals surface area contributed by atoms with Gasteiger partial charge in [0, 0.05) is 30.7 Å². The molecule has 0 bridgehead atoms. The van der Waals surface area contributed by atoms with Gasteiger partial charge in [-0.25, -0.2) is 13.2 Å². The number of ether oxygens (including phenoxy) is 1. The summed E-state index contributed by atoms with van der Waals surface area (Å²) in [5.41, 5.74) is 1.34. The van der Waals surface area contributed by atoms with Crippen LogP contribution in [-0.2, 0) is 39.2 Å². The molecule has 2 aromatic rings. The number of hydrogen-bond acceptors (Lipinski definition) is 5. The summed E-state index contributed by atoms with van der Waals surface area (Å²) in [5, 5.41) is 0. The lowest BCUT2D eigenvalue weighted by molar-refractivity contribution is -0.117. The minimum absolute atomic E-state index is 0.0341. The van der Waals surface area contributed by atoms with E-state index in [9.17, 15) is 18.0 Å². The predicted octanol–water partition coefficient (Wildman–Crippen LogP) is 1.57. The molecule has 0 radical (unpaired) electrons. The first kappa shape index (κ1) is 19.4. The molecule has 1 aliphatic heterocycles. The zero-order valence-electron chi connectivity index (χ0n) is 15.6. The highest BCUT2D eigenvalue weighted by molar-refractivity contribution is 7.89. The maximum Gasteiger partial charge on any atom is 0.354 e. The van der Waals surface area contributed by atoms with Gasteiger partial charge in [0.1, 0.15) is 16.4 Å². The van der Waals surface area contributed by atoms with Crippen LogP contribution in [0.5, 0.6) is 0 Å². The molecule has 0 unspecified atom stereocenters. The number of aromatic nitrogens is 2. The van der Waals surface area contributed by atoms with Gasteiger partial charge in [-0.15, -0.1) is 0 Å². The van der Waals surface area contributed by atoms with Crippen molar-refractivity contribution in [3.8, 4) is 0 Å². The first-order chi connectivity index (χ1) is 12.8. The number of rotatable bonds is 6. The zero-order chi connectivity index (χ0) is 19.8. The molecule has 2 aromatic heterocycles. The van der Waals surface area contributed by atoms with E-state index in [4.69, 9.17) is 4.74 Å². The van der Waals surface area contributed by atoms with E-state index in [1.54, 1.807) is 13.8 Å². The van der Waals surface area contributed by atoms with Crippen LogP contribution in [0.25, 0.3) is 0 Å². The van der Waals surface area contributed by atoms with Crippen molar-refractivity contribution in [3.63, 3.8) is 0 Å². The van der Waals surface area contributed by atoms with Gasteiger partial charge < -0.3 is 13.9 Å². The Morgan fingerprint density at radius 2 is 2.00 bits per heavy atom. The molecule has 0 atom stereocenters. The number of nitrogens with zero attached hydrogens (tertiary/aromatic N) is 3. The van der Waals surface area contributed by atoms with Gasteiger partial charge in [0.2, 0.25) is 10.0 Å². The molecular weight excluding hydrogens is 370 g/mol. The van der Waals surface area contributed by atoms with Gasteiger partial charge in [0.15, 0.2) is 0 Å². The summed E-state index contributed by atoms with van der Waals surface area (Å²) in [6, 6.07) is 5.09. The van der Waals surface area contributed by atoms with Crippen LogP contribution in [0, 0.1) is 6.92 Å². The van der Waals surface area contributed by atoms with Gasteiger partial charge in [-0.1, -0.05) is 0 Å². The van der Waals surface area contributed by atoms with Crippen LogP contribution in [0.15, 0.2) is 29.3 Å². The van der Waals surface area contributed by atoms with Gasteiger partial charge in [-0.05, 0) is 39.0 Å². The first-order valence-corrected chi connectivity index (χ1v) is 10.2. The highest BCUT2D eigenvalue weighted by Gasteiger charge is 2.33. The van der Waals surface area contributed by atoms with Gasteiger partial charge >= 0.3 is 5.97 Å². The number of carbonyl (C=O) groups excluding carboxylic acids is 2. The second-order valence-electron chi connectivity index (χ2n) is 6.52. The summed E-state index contributed by atoms with van der Waals surface area (Å²) in [5.74, 6) is -0.824. The number of esters is 1. The van der Waals surface area contributed by atoms with Gasteiger partial charge in [0.25, 0.3) is 0 Å². The Morgan fingerprint density at radius 1 is 1.26 bits per heavy atom. The summed E-state index contributed by atoms with van der Waals surface area (Å²) in [4.78, 5) is 23.9. The molecule has 3 rings (SSSR count). The van der Waals surface area contributed by atoms with Crippen LogP contribution in [-0.4, -0.2) is 46.8 Å². The van der Waals surface area contributed by atoms with E-state index in [0.29, 0.717) is 18.8 Å². The Kier molecular flexibility index (Phi) is 5.25. The lowest BCUT2D eigenvalue weighted by atomic mass is 10.3. The number of carbonyl (C=O) groups is 2. The fraction of sp³-hybridized carbons (Fsp3) is 0.444. The zero-order valence-corrected chi connectivity index (χ0v) is 16.5. The topological polar surface area (TPSA) is 90.6 Å². The molecule has 0 aliphatic carbocycles. The van der Waals surface area contributed by atoms with Crippen molar-refractivity contribution >= 4 is 21.8 Å². The van der Waals surface area contributed by atoms with E-state index < -0.39 is 16.0 Å². The molecule has 9 heteroatoms. The van der Waals surface area contributed by atoms with E-state index >= 15 is 0 Å². The predicted molar refractivity (Wildman–Crippen MR) is 97.8 cm³/mol. The minimum atomic E-state index is -3.82. The van der Waals surface area contributed by atoms with E-state index in [2.05, 4.69) is 0 Å². The van der Waals surface area contributed by atoms with Crippen molar-refractivity contribution < 1.29 is 22.7 Å². The monoisotopic (exact) mass is 393 g/mol. The molecule has 0 N–H and O–H groups in total. The Morgan fingerprint density at radius 3 is 2.67 bits per heavy atom. The van der Waals surface area contributed by atoms with Crippen LogP contribution in [0.1, 0.15) is 35.7 Å². The molecule has 0 saturated carbocycles. The van der Waals surface area contributed by atoms with Crippen LogP contribution in [0.4, 0.5) is 0 Å². The first-order valence-electron chi connectivity index (χ1n) is 8.76. The third-order valence-electron chi connectivity index (χ3n) is 4.66. The van der Waals surface area contributed by atoms with Crippen molar-refractivity contribution in [2.75, 3.05) is 13.2 Å². The number of fused-ring (bicyclic) bond motifs is 1. The average molecular weight is 393 g/mol. The van der Waals surface area contributed by atoms with Crippen LogP contribution >= 0.6 is 0 Å². The van der Waals surface area contributed by atoms with Gasteiger partial charge in [-0.3, -0.25) is 4.79 Å². The molecule has 0 fully saturated rings. The minimum Gasteiger partial charge on any atom is -0.461 e. The van der Waals surface area contributed by atoms with E-state index in [0.717, 1.165) is 5.69 Å². The largest absolute Gasteiger partial charge is 0.461 e. The Labute approximate surface area is 158 Å². The SMILES string of the molecule is CCOC(=O)c1cc(S(=O)(=O)N2CCn3cccc3C2)c(C)n1CC(C)=O. The molecule has 0 saturated heterocycles. The maximum absolute atomic E-state index is 13.2.